The van der Waals surface area contributed by atoms with Gasteiger partial charge in [-0.25, -0.2) is 4.98 Å². The molecule has 6 heteroatoms. The maximum absolute atomic E-state index is 5.88. The van der Waals surface area contributed by atoms with E-state index >= 15 is 0 Å². The maximum Gasteiger partial charge on any atom is 0.242 e. The Labute approximate surface area is 110 Å². The summed E-state index contributed by atoms with van der Waals surface area (Å²) in [6.07, 6.45) is 2.50. The summed E-state index contributed by atoms with van der Waals surface area (Å²) in [6, 6.07) is 4.26. The third kappa shape index (κ3) is 2.70. The highest BCUT2D eigenvalue weighted by atomic mass is 32.1. The van der Waals surface area contributed by atoms with Gasteiger partial charge in [0, 0.05) is 9.75 Å². The third-order valence-electron chi connectivity index (χ3n) is 2.54. The molecule has 0 aliphatic carbocycles. The highest BCUT2D eigenvalue weighted by molar-refractivity contribution is 7.12. The Kier molecular flexibility index (Phi) is 3.99. The van der Waals surface area contributed by atoms with E-state index in [1.54, 1.807) is 11.3 Å². The van der Waals surface area contributed by atoms with E-state index < -0.39 is 0 Å². The Morgan fingerprint density at radius 1 is 1.33 bits per heavy atom. The molecule has 0 radical (unpaired) electrons. The van der Waals surface area contributed by atoms with Crippen LogP contribution < -0.4 is 15.8 Å². The lowest BCUT2D eigenvalue weighted by molar-refractivity contribution is 0.399. The van der Waals surface area contributed by atoms with Gasteiger partial charge < -0.3 is 15.8 Å². The molecule has 0 spiro atoms. The Balaban J connectivity index is 2.06. The number of nitrogens with one attached hydrogen (secondary N) is 1. The molecule has 0 atom stereocenters. The molecule has 0 aliphatic heterocycles. The Bertz CT molecular complexity index is 527. The van der Waals surface area contributed by atoms with Crippen LogP contribution in [0.5, 0.6) is 5.88 Å². The highest BCUT2D eigenvalue weighted by Crippen LogP contribution is 2.25. The summed E-state index contributed by atoms with van der Waals surface area (Å²) in [7, 11) is 1.54. The first-order chi connectivity index (χ1) is 8.74. The predicted octanol–water partition coefficient (Wildman–Crippen LogP) is 2.30. The Morgan fingerprint density at radius 2 is 2.11 bits per heavy atom. The number of methoxy groups -OCH3 is 1. The number of ether oxygens (including phenoxy) is 1. The summed E-state index contributed by atoms with van der Waals surface area (Å²) in [5.41, 5.74) is 6.32. The number of nitrogen functional groups attached to an aromatic ring is 1. The molecule has 0 aliphatic rings. The molecule has 0 aromatic carbocycles. The molecule has 0 fully saturated rings. The second-order valence-corrected chi connectivity index (χ2v) is 4.97. The van der Waals surface area contributed by atoms with Gasteiger partial charge >= 0.3 is 0 Å². The van der Waals surface area contributed by atoms with Gasteiger partial charge in [0.15, 0.2) is 5.82 Å². The molecule has 3 N–H and O–H groups in total. The SMILES string of the molecule is CCc1ccc(CNc2ncnc(OC)c2N)s1. The van der Waals surface area contributed by atoms with Gasteiger partial charge in [-0.3, -0.25) is 0 Å². The first-order valence-electron chi connectivity index (χ1n) is 5.70. The van der Waals surface area contributed by atoms with E-state index in [-0.39, 0.29) is 0 Å². The lowest BCUT2D eigenvalue weighted by Crippen LogP contribution is -2.06. The van der Waals surface area contributed by atoms with Crippen molar-refractivity contribution in [2.45, 2.75) is 19.9 Å². The quantitative estimate of drug-likeness (QED) is 0.867. The predicted molar refractivity (Wildman–Crippen MR) is 74.0 cm³/mol. The number of nitrogens with zero attached hydrogens (tertiary/aromatic N) is 2. The van der Waals surface area contributed by atoms with Crippen LogP contribution in [0.3, 0.4) is 0 Å². The molecule has 0 saturated carbocycles. The van der Waals surface area contributed by atoms with Crippen LogP contribution in [0.1, 0.15) is 16.7 Å². The molecule has 96 valence electrons. The zero-order chi connectivity index (χ0) is 13.0. The summed E-state index contributed by atoms with van der Waals surface area (Å²) in [4.78, 5) is 10.7. The van der Waals surface area contributed by atoms with Crippen LogP contribution in [0.4, 0.5) is 11.5 Å². The fraction of sp³-hybridized carbons (Fsp3) is 0.333. The van der Waals surface area contributed by atoms with Crippen LogP contribution in [0.25, 0.3) is 0 Å². The van der Waals surface area contributed by atoms with E-state index in [4.69, 9.17) is 10.5 Å². The second kappa shape index (κ2) is 5.68. The fourth-order valence-corrected chi connectivity index (χ4v) is 2.46. The molecule has 2 rings (SSSR count). The topological polar surface area (TPSA) is 73.1 Å². The molecule has 2 aromatic heterocycles. The number of aryl methyl sites for hydroxylation is 1. The van der Waals surface area contributed by atoms with Crippen molar-refractivity contribution >= 4 is 22.8 Å². The minimum absolute atomic E-state index is 0.396. The minimum Gasteiger partial charge on any atom is -0.479 e. The number of hydrogen-bond acceptors (Lipinski definition) is 6. The maximum atomic E-state index is 5.88. The van der Waals surface area contributed by atoms with Gasteiger partial charge in [-0.1, -0.05) is 6.92 Å². The molecule has 2 aromatic rings. The summed E-state index contributed by atoms with van der Waals surface area (Å²) in [5, 5.41) is 3.20. The largest absolute Gasteiger partial charge is 0.479 e. The lowest BCUT2D eigenvalue weighted by atomic mass is 10.3. The van der Waals surface area contributed by atoms with E-state index in [2.05, 4.69) is 34.3 Å². The van der Waals surface area contributed by atoms with E-state index in [0.717, 1.165) is 6.42 Å². The second-order valence-electron chi connectivity index (χ2n) is 3.72. The van der Waals surface area contributed by atoms with Crippen molar-refractivity contribution in [2.75, 3.05) is 18.2 Å². The van der Waals surface area contributed by atoms with E-state index in [0.29, 0.717) is 23.9 Å². The number of thiophene rings is 1. The van der Waals surface area contributed by atoms with Crippen LogP contribution in [-0.4, -0.2) is 17.1 Å². The molecular formula is C12H16N4OS. The van der Waals surface area contributed by atoms with Crippen molar-refractivity contribution < 1.29 is 4.74 Å². The fourth-order valence-electron chi connectivity index (χ4n) is 1.56. The molecule has 2 heterocycles. The van der Waals surface area contributed by atoms with Crippen molar-refractivity contribution in [2.24, 2.45) is 0 Å². The highest BCUT2D eigenvalue weighted by Gasteiger charge is 2.08. The first-order valence-corrected chi connectivity index (χ1v) is 6.52. The van der Waals surface area contributed by atoms with Gasteiger partial charge in [0.05, 0.1) is 13.7 Å². The van der Waals surface area contributed by atoms with Crippen LogP contribution in [0, 0.1) is 0 Å². The zero-order valence-corrected chi connectivity index (χ0v) is 11.3. The van der Waals surface area contributed by atoms with Crippen LogP contribution >= 0.6 is 11.3 Å². The average molecular weight is 264 g/mol. The van der Waals surface area contributed by atoms with Crippen LogP contribution in [0.15, 0.2) is 18.5 Å². The standard InChI is InChI=1S/C12H16N4OS/c1-3-8-4-5-9(18-8)6-14-11-10(13)12(17-2)16-7-15-11/h4-5,7H,3,6,13H2,1-2H3,(H,14,15,16). The Morgan fingerprint density at radius 3 is 2.78 bits per heavy atom. The number of aromatic nitrogens is 2. The average Bonchev–Trinajstić information content (AvgIpc) is 2.85. The number of nitrogens with two attached hydrogens (primary N) is 1. The van der Waals surface area contributed by atoms with Gasteiger partial charge in [-0.2, -0.15) is 4.98 Å². The summed E-state index contributed by atoms with van der Waals surface area (Å²) >= 11 is 1.79. The van der Waals surface area contributed by atoms with Crippen LogP contribution in [-0.2, 0) is 13.0 Å². The summed E-state index contributed by atoms with van der Waals surface area (Å²) in [5.74, 6) is 1.00. The molecule has 0 amide bonds. The number of rotatable bonds is 5. The summed E-state index contributed by atoms with van der Waals surface area (Å²) < 4.78 is 5.05. The smallest absolute Gasteiger partial charge is 0.242 e. The normalized spacial score (nSPS) is 10.3. The van der Waals surface area contributed by atoms with Crippen molar-refractivity contribution in [3.05, 3.63) is 28.2 Å². The van der Waals surface area contributed by atoms with E-state index in [1.807, 2.05) is 0 Å². The molecule has 0 bridgehead atoms. The van der Waals surface area contributed by atoms with Crippen molar-refractivity contribution in [1.29, 1.82) is 0 Å². The Hall–Kier alpha value is -1.82. The van der Waals surface area contributed by atoms with Gasteiger partial charge in [0.1, 0.15) is 12.0 Å². The van der Waals surface area contributed by atoms with Gasteiger partial charge in [0.2, 0.25) is 5.88 Å². The molecule has 18 heavy (non-hydrogen) atoms. The molecule has 0 saturated heterocycles. The third-order valence-corrected chi connectivity index (χ3v) is 3.77. The minimum atomic E-state index is 0.396. The molecule has 5 nitrogen and oxygen atoms in total. The zero-order valence-electron chi connectivity index (χ0n) is 10.4. The van der Waals surface area contributed by atoms with Crippen molar-refractivity contribution in [1.82, 2.24) is 9.97 Å². The van der Waals surface area contributed by atoms with E-state index in [9.17, 15) is 0 Å². The lowest BCUT2D eigenvalue weighted by Gasteiger charge is -2.09. The van der Waals surface area contributed by atoms with E-state index in [1.165, 1.54) is 23.2 Å². The van der Waals surface area contributed by atoms with Crippen molar-refractivity contribution in [3.63, 3.8) is 0 Å². The number of anilines is 2. The van der Waals surface area contributed by atoms with Crippen LogP contribution in [0.2, 0.25) is 0 Å². The van der Waals surface area contributed by atoms with Crippen molar-refractivity contribution in [3.8, 4) is 5.88 Å². The van der Waals surface area contributed by atoms with Gasteiger partial charge in [-0.15, -0.1) is 11.3 Å². The molecule has 0 unspecified atom stereocenters. The van der Waals surface area contributed by atoms with Gasteiger partial charge in [0.25, 0.3) is 0 Å². The molecular weight excluding hydrogens is 248 g/mol. The number of hydrogen-bond donors (Lipinski definition) is 2. The monoisotopic (exact) mass is 264 g/mol. The first kappa shape index (κ1) is 12.6. The van der Waals surface area contributed by atoms with Gasteiger partial charge in [-0.05, 0) is 18.6 Å². The summed E-state index contributed by atoms with van der Waals surface area (Å²) in [6.45, 7) is 2.85.